The van der Waals surface area contributed by atoms with Crippen LogP contribution in [-0.2, 0) is 0 Å². The Morgan fingerprint density at radius 1 is 0.278 bits per heavy atom. The fraction of sp³-hybridized carbons (Fsp3) is 0. The maximum Gasteiger partial charge on any atom is 0.0346 e. The highest BCUT2D eigenvalue weighted by Gasteiger charge is 2.16. The lowest BCUT2D eigenvalue weighted by Gasteiger charge is -2.18. The first-order chi connectivity index (χ1) is 17.9. The zero-order valence-electron chi connectivity index (χ0n) is 19.8. The summed E-state index contributed by atoms with van der Waals surface area (Å²) in [5, 5.41) is 0. The van der Waals surface area contributed by atoms with Gasteiger partial charge in [0.1, 0.15) is 0 Å². The van der Waals surface area contributed by atoms with Crippen LogP contribution in [0.4, 0.5) is 0 Å². The topological polar surface area (TPSA) is 25.8 Å². The van der Waals surface area contributed by atoms with Crippen LogP contribution in [0.3, 0.4) is 0 Å². The van der Waals surface area contributed by atoms with Crippen LogP contribution in [0.5, 0.6) is 0 Å². The number of nitrogens with zero attached hydrogens (tertiary/aromatic N) is 2. The van der Waals surface area contributed by atoms with E-state index >= 15 is 0 Å². The second-order valence-electron chi connectivity index (χ2n) is 8.67. The van der Waals surface area contributed by atoms with Gasteiger partial charge in [-0.25, -0.2) is 0 Å². The first kappa shape index (κ1) is 21.7. The molecule has 0 aliphatic heterocycles. The lowest BCUT2D eigenvalue weighted by atomic mass is 9.85. The number of pyridine rings is 2. The molecule has 0 spiro atoms. The maximum absolute atomic E-state index is 4.36. The summed E-state index contributed by atoms with van der Waals surface area (Å²) in [4.78, 5) is 8.73. The van der Waals surface area contributed by atoms with Crippen LogP contribution in [0.15, 0.2) is 146 Å². The SMILES string of the molecule is c1cncc(-c2ccccc2-c2ccccc2-c2ccccc2-c2ccccc2-c2cccnc2)c1. The highest BCUT2D eigenvalue weighted by Crippen LogP contribution is 2.43. The zero-order valence-corrected chi connectivity index (χ0v) is 19.8. The van der Waals surface area contributed by atoms with Gasteiger partial charge in [0.2, 0.25) is 0 Å². The van der Waals surface area contributed by atoms with Gasteiger partial charge in [-0.05, 0) is 56.6 Å². The van der Waals surface area contributed by atoms with E-state index in [-0.39, 0.29) is 0 Å². The summed E-state index contributed by atoms with van der Waals surface area (Å²) in [5.74, 6) is 0. The number of hydrogen-bond donors (Lipinski definition) is 0. The first-order valence-electron chi connectivity index (χ1n) is 12.1. The maximum atomic E-state index is 4.36. The normalized spacial score (nSPS) is 10.8. The molecule has 170 valence electrons. The van der Waals surface area contributed by atoms with Gasteiger partial charge in [-0.3, -0.25) is 9.97 Å². The van der Waals surface area contributed by atoms with E-state index in [9.17, 15) is 0 Å². The summed E-state index contributed by atoms with van der Waals surface area (Å²) in [5.41, 5.74) is 11.7. The molecular formula is C34H24N2. The van der Waals surface area contributed by atoms with Crippen LogP contribution >= 0.6 is 0 Å². The molecule has 0 radical (unpaired) electrons. The standard InChI is InChI=1S/C34H24N2/c1-3-15-29(27(13-1)25-11-9-21-35-23-25)31-17-5-7-19-33(31)34-20-8-6-18-32(34)30-16-4-2-14-28(30)26-12-10-22-36-24-26/h1-24H. The van der Waals surface area contributed by atoms with Crippen molar-refractivity contribution in [2.45, 2.75) is 0 Å². The summed E-state index contributed by atoms with van der Waals surface area (Å²) < 4.78 is 0. The Morgan fingerprint density at radius 2 is 0.556 bits per heavy atom. The molecule has 6 rings (SSSR count). The minimum atomic E-state index is 1.11. The van der Waals surface area contributed by atoms with Crippen molar-refractivity contribution in [1.29, 1.82) is 0 Å². The van der Waals surface area contributed by atoms with Gasteiger partial charge in [0.25, 0.3) is 0 Å². The van der Waals surface area contributed by atoms with E-state index in [4.69, 9.17) is 0 Å². The van der Waals surface area contributed by atoms with Crippen molar-refractivity contribution in [3.63, 3.8) is 0 Å². The lowest BCUT2D eigenvalue weighted by molar-refractivity contribution is 1.33. The summed E-state index contributed by atoms with van der Waals surface area (Å²) in [7, 11) is 0. The van der Waals surface area contributed by atoms with Crippen molar-refractivity contribution in [1.82, 2.24) is 9.97 Å². The molecule has 4 aromatic carbocycles. The highest BCUT2D eigenvalue weighted by molar-refractivity contribution is 5.98. The lowest BCUT2D eigenvalue weighted by Crippen LogP contribution is -1.92. The first-order valence-corrected chi connectivity index (χ1v) is 12.1. The predicted octanol–water partition coefficient (Wildman–Crippen LogP) is 8.81. The third-order valence-corrected chi connectivity index (χ3v) is 6.52. The summed E-state index contributed by atoms with van der Waals surface area (Å²) in [6, 6.07) is 42.7. The number of hydrogen-bond acceptors (Lipinski definition) is 2. The third kappa shape index (κ3) is 4.10. The third-order valence-electron chi connectivity index (χ3n) is 6.52. The summed E-state index contributed by atoms with van der Waals surface area (Å²) in [6.45, 7) is 0. The van der Waals surface area contributed by atoms with Crippen LogP contribution in [0.1, 0.15) is 0 Å². The molecule has 0 aliphatic rings. The molecule has 0 atom stereocenters. The fourth-order valence-electron chi connectivity index (χ4n) is 4.89. The Kier molecular flexibility index (Phi) is 5.91. The van der Waals surface area contributed by atoms with Gasteiger partial charge in [0.15, 0.2) is 0 Å². The van der Waals surface area contributed by atoms with Crippen molar-refractivity contribution in [3.05, 3.63) is 146 Å². The number of benzene rings is 4. The van der Waals surface area contributed by atoms with Gasteiger partial charge in [-0.15, -0.1) is 0 Å². The van der Waals surface area contributed by atoms with E-state index in [1.807, 2.05) is 36.9 Å². The smallest absolute Gasteiger partial charge is 0.0346 e. The molecule has 2 nitrogen and oxygen atoms in total. The van der Waals surface area contributed by atoms with Crippen LogP contribution in [0.2, 0.25) is 0 Å². The molecule has 0 unspecified atom stereocenters. The monoisotopic (exact) mass is 460 g/mol. The average molecular weight is 461 g/mol. The minimum Gasteiger partial charge on any atom is -0.264 e. The largest absolute Gasteiger partial charge is 0.264 e. The van der Waals surface area contributed by atoms with Crippen molar-refractivity contribution in [2.24, 2.45) is 0 Å². The van der Waals surface area contributed by atoms with Crippen LogP contribution < -0.4 is 0 Å². The van der Waals surface area contributed by atoms with Gasteiger partial charge in [0, 0.05) is 35.9 Å². The second kappa shape index (κ2) is 9.81. The van der Waals surface area contributed by atoms with Crippen LogP contribution in [-0.4, -0.2) is 9.97 Å². The molecule has 0 aliphatic carbocycles. The molecule has 0 saturated heterocycles. The quantitative estimate of drug-likeness (QED) is 0.257. The molecule has 2 heteroatoms. The molecule has 36 heavy (non-hydrogen) atoms. The molecule has 0 bridgehead atoms. The van der Waals surface area contributed by atoms with Gasteiger partial charge >= 0.3 is 0 Å². The molecule has 0 fully saturated rings. The van der Waals surface area contributed by atoms with E-state index in [0.717, 1.165) is 11.1 Å². The average Bonchev–Trinajstić information content (AvgIpc) is 2.98. The molecule has 2 heterocycles. The molecule has 0 saturated carbocycles. The Hall–Kier alpha value is -4.82. The molecule has 0 amide bonds. The van der Waals surface area contributed by atoms with E-state index in [1.54, 1.807) is 0 Å². The zero-order chi connectivity index (χ0) is 24.2. The van der Waals surface area contributed by atoms with Crippen molar-refractivity contribution >= 4 is 0 Å². The minimum absolute atomic E-state index is 1.11. The highest BCUT2D eigenvalue weighted by atomic mass is 14.6. The van der Waals surface area contributed by atoms with Gasteiger partial charge < -0.3 is 0 Å². The van der Waals surface area contributed by atoms with Crippen molar-refractivity contribution in [2.75, 3.05) is 0 Å². The molecule has 2 aromatic heterocycles. The molecule has 0 N–H and O–H groups in total. The number of rotatable bonds is 5. The van der Waals surface area contributed by atoms with Gasteiger partial charge in [-0.1, -0.05) is 109 Å². The number of aromatic nitrogens is 2. The second-order valence-corrected chi connectivity index (χ2v) is 8.67. The van der Waals surface area contributed by atoms with E-state index in [2.05, 4.69) is 119 Å². The predicted molar refractivity (Wildman–Crippen MR) is 149 cm³/mol. The van der Waals surface area contributed by atoms with Crippen molar-refractivity contribution in [3.8, 4) is 55.6 Å². The van der Waals surface area contributed by atoms with Crippen molar-refractivity contribution < 1.29 is 0 Å². The van der Waals surface area contributed by atoms with Crippen LogP contribution in [0, 0.1) is 0 Å². The Morgan fingerprint density at radius 3 is 0.833 bits per heavy atom. The van der Waals surface area contributed by atoms with Crippen LogP contribution in [0.25, 0.3) is 55.6 Å². The molecule has 6 aromatic rings. The Bertz CT molecular complexity index is 1500. The Balaban J connectivity index is 1.56. The Labute approximate surface area is 211 Å². The van der Waals surface area contributed by atoms with Gasteiger partial charge in [0.05, 0.1) is 0 Å². The fourth-order valence-corrected chi connectivity index (χ4v) is 4.89. The summed E-state index contributed by atoms with van der Waals surface area (Å²) in [6.07, 6.45) is 7.49. The summed E-state index contributed by atoms with van der Waals surface area (Å²) >= 11 is 0. The van der Waals surface area contributed by atoms with E-state index < -0.39 is 0 Å². The van der Waals surface area contributed by atoms with E-state index in [1.165, 1.54) is 44.5 Å². The van der Waals surface area contributed by atoms with E-state index in [0.29, 0.717) is 0 Å². The molecular weight excluding hydrogens is 436 g/mol. The van der Waals surface area contributed by atoms with Gasteiger partial charge in [-0.2, -0.15) is 0 Å².